The van der Waals surface area contributed by atoms with Crippen LogP contribution < -0.4 is 5.32 Å². The van der Waals surface area contributed by atoms with Crippen molar-refractivity contribution in [3.8, 4) is 0 Å². The van der Waals surface area contributed by atoms with Crippen LogP contribution in [0.2, 0.25) is 0 Å². The van der Waals surface area contributed by atoms with Crippen LogP contribution in [0.1, 0.15) is 19.3 Å². The molecule has 1 aliphatic heterocycles. The molecule has 2 aliphatic rings. The first-order chi connectivity index (χ1) is 5.49. The molecule has 0 aromatic carbocycles. The van der Waals surface area contributed by atoms with Crippen molar-refractivity contribution in [1.82, 2.24) is 5.32 Å². The highest BCUT2D eigenvalue weighted by Crippen LogP contribution is 2.43. The van der Waals surface area contributed by atoms with Crippen LogP contribution in [-0.2, 0) is 9.84 Å². The van der Waals surface area contributed by atoms with Gasteiger partial charge in [0.15, 0.2) is 0 Å². The zero-order chi connectivity index (χ0) is 8.82. The third kappa shape index (κ3) is 1.50. The summed E-state index contributed by atoms with van der Waals surface area (Å²) in [4.78, 5) is 0. The van der Waals surface area contributed by atoms with Gasteiger partial charge in [0.2, 0.25) is 0 Å². The standard InChI is InChI=1S/C8H15NO2S/c1-12(10,11)6-8-3-2-7(4-8)9-5-8/h7,9H,2-6H2,1H3. The van der Waals surface area contributed by atoms with Gasteiger partial charge < -0.3 is 5.32 Å². The molecule has 2 unspecified atom stereocenters. The molecule has 1 saturated heterocycles. The summed E-state index contributed by atoms with van der Waals surface area (Å²) in [5.74, 6) is 0.378. The van der Waals surface area contributed by atoms with E-state index in [4.69, 9.17) is 0 Å². The fraction of sp³-hybridized carbons (Fsp3) is 1.00. The second-order valence-corrected chi connectivity index (χ2v) is 6.53. The van der Waals surface area contributed by atoms with Gasteiger partial charge in [-0.05, 0) is 24.7 Å². The fourth-order valence-electron chi connectivity index (χ4n) is 2.64. The minimum Gasteiger partial charge on any atom is -0.313 e. The van der Waals surface area contributed by atoms with Crippen molar-refractivity contribution in [2.45, 2.75) is 25.3 Å². The van der Waals surface area contributed by atoms with E-state index in [2.05, 4.69) is 5.32 Å². The lowest BCUT2D eigenvalue weighted by Gasteiger charge is -2.24. The summed E-state index contributed by atoms with van der Waals surface area (Å²) >= 11 is 0. The highest BCUT2D eigenvalue weighted by Gasteiger charge is 2.46. The molecule has 2 rings (SSSR count). The Bertz CT molecular complexity index is 275. The summed E-state index contributed by atoms with van der Waals surface area (Å²) in [6, 6.07) is 0.603. The van der Waals surface area contributed by atoms with Gasteiger partial charge in [0.05, 0.1) is 5.75 Å². The average molecular weight is 189 g/mol. The smallest absolute Gasteiger partial charge is 0.148 e. The molecule has 0 aromatic rings. The van der Waals surface area contributed by atoms with Crippen molar-refractivity contribution in [3.63, 3.8) is 0 Å². The van der Waals surface area contributed by atoms with Gasteiger partial charge in [-0.1, -0.05) is 0 Å². The average Bonchev–Trinajstić information content (AvgIpc) is 2.40. The summed E-state index contributed by atoms with van der Waals surface area (Å²) in [7, 11) is -2.79. The summed E-state index contributed by atoms with van der Waals surface area (Å²) in [6.07, 6.45) is 4.67. The van der Waals surface area contributed by atoms with Crippen molar-refractivity contribution in [2.24, 2.45) is 5.41 Å². The monoisotopic (exact) mass is 189 g/mol. The minimum absolute atomic E-state index is 0.0955. The molecular formula is C8H15NO2S. The van der Waals surface area contributed by atoms with Gasteiger partial charge in [0.1, 0.15) is 9.84 Å². The van der Waals surface area contributed by atoms with Crippen LogP contribution in [0.4, 0.5) is 0 Å². The third-order valence-corrected chi connectivity index (χ3v) is 4.17. The molecule has 1 saturated carbocycles. The highest BCUT2D eigenvalue weighted by molar-refractivity contribution is 7.90. The topological polar surface area (TPSA) is 46.2 Å². The molecule has 2 atom stereocenters. The predicted molar refractivity (Wildman–Crippen MR) is 47.8 cm³/mol. The van der Waals surface area contributed by atoms with Crippen LogP contribution in [0.15, 0.2) is 0 Å². The Kier molecular flexibility index (Phi) is 1.74. The maximum atomic E-state index is 11.1. The second-order valence-electron chi connectivity index (χ2n) is 4.39. The van der Waals surface area contributed by atoms with Crippen LogP contribution >= 0.6 is 0 Å². The second kappa shape index (κ2) is 2.45. The molecule has 0 spiro atoms. The highest BCUT2D eigenvalue weighted by atomic mass is 32.2. The number of fused-ring (bicyclic) bond motifs is 2. The number of hydrogen-bond donors (Lipinski definition) is 1. The number of rotatable bonds is 2. The van der Waals surface area contributed by atoms with Crippen molar-refractivity contribution < 1.29 is 8.42 Å². The van der Waals surface area contributed by atoms with Gasteiger partial charge in [0.25, 0.3) is 0 Å². The Labute approximate surface area is 73.5 Å². The van der Waals surface area contributed by atoms with Crippen LogP contribution in [0.5, 0.6) is 0 Å². The Balaban J connectivity index is 2.13. The maximum Gasteiger partial charge on any atom is 0.148 e. The Hall–Kier alpha value is -0.0900. The van der Waals surface area contributed by atoms with E-state index in [1.807, 2.05) is 0 Å². The maximum absolute atomic E-state index is 11.1. The molecule has 4 heteroatoms. The van der Waals surface area contributed by atoms with E-state index in [1.165, 1.54) is 6.26 Å². The lowest BCUT2D eigenvalue weighted by Crippen LogP contribution is -2.34. The Morgan fingerprint density at radius 3 is 2.67 bits per heavy atom. The van der Waals surface area contributed by atoms with Crippen molar-refractivity contribution in [2.75, 3.05) is 18.6 Å². The van der Waals surface area contributed by atoms with Crippen molar-refractivity contribution in [3.05, 3.63) is 0 Å². The molecule has 0 aromatic heterocycles. The van der Waals surface area contributed by atoms with Gasteiger partial charge in [-0.2, -0.15) is 0 Å². The van der Waals surface area contributed by atoms with E-state index in [-0.39, 0.29) is 5.41 Å². The van der Waals surface area contributed by atoms with Crippen LogP contribution in [0.25, 0.3) is 0 Å². The van der Waals surface area contributed by atoms with E-state index in [9.17, 15) is 8.42 Å². The molecule has 1 N–H and O–H groups in total. The summed E-state index contributed by atoms with van der Waals surface area (Å²) < 4.78 is 22.3. The first kappa shape index (κ1) is 8.51. The molecule has 12 heavy (non-hydrogen) atoms. The molecule has 1 heterocycles. The zero-order valence-corrected chi connectivity index (χ0v) is 8.15. The van der Waals surface area contributed by atoms with E-state index >= 15 is 0 Å². The van der Waals surface area contributed by atoms with Crippen LogP contribution in [0, 0.1) is 5.41 Å². The first-order valence-electron chi connectivity index (χ1n) is 4.40. The van der Waals surface area contributed by atoms with Crippen LogP contribution in [-0.4, -0.2) is 33.0 Å². The van der Waals surface area contributed by atoms with Gasteiger partial charge in [-0.25, -0.2) is 8.42 Å². The molecule has 0 radical (unpaired) electrons. The zero-order valence-electron chi connectivity index (χ0n) is 7.34. The summed E-state index contributed by atoms with van der Waals surface area (Å²) in [5.41, 5.74) is 0.0955. The summed E-state index contributed by atoms with van der Waals surface area (Å²) in [6.45, 7) is 0.907. The molecule has 0 amide bonds. The lowest BCUT2D eigenvalue weighted by molar-refractivity contribution is 0.354. The molecular weight excluding hydrogens is 174 g/mol. The molecule has 70 valence electrons. The van der Waals surface area contributed by atoms with Crippen molar-refractivity contribution in [1.29, 1.82) is 0 Å². The molecule has 2 fully saturated rings. The van der Waals surface area contributed by atoms with E-state index in [0.717, 1.165) is 25.8 Å². The number of sulfone groups is 1. The summed E-state index contributed by atoms with van der Waals surface area (Å²) in [5, 5.41) is 3.36. The Morgan fingerprint density at radius 1 is 1.58 bits per heavy atom. The van der Waals surface area contributed by atoms with Gasteiger partial charge >= 0.3 is 0 Å². The number of hydrogen-bond acceptors (Lipinski definition) is 3. The first-order valence-corrected chi connectivity index (χ1v) is 6.46. The number of piperidine rings is 1. The molecule has 3 nitrogen and oxygen atoms in total. The quantitative estimate of drug-likeness (QED) is 0.673. The van der Waals surface area contributed by atoms with E-state index in [1.54, 1.807) is 0 Å². The lowest BCUT2D eigenvalue weighted by atomic mass is 9.90. The Morgan fingerprint density at radius 2 is 2.33 bits per heavy atom. The van der Waals surface area contributed by atoms with Gasteiger partial charge in [-0.15, -0.1) is 0 Å². The van der Waals surface area contributed by atoms with Gasteiger partial charge in [0, 0.05) is 18.8 Å². The largest absolute Gasteiger partial charge is 0.313 e. The van der Waals surface area contributed by atoms with E-state index < -0.39 is 9.84 Å². The molecule has 2 bridgehead atoms. The fourth-order valence-corrected chi connectivity index (χ4v) is 4.12. The minimum atomic E-state index is -2.79. The number of nitrogens with one attached hydrogen (secondary N) is 1. The van der Waals surface area contributed by atoms with E-state index in [0.29, 0.717) is 11.8 Å². The normalized spacial score (nSPS) is 40.6. The predicted octanol–water partition coefficient (Wildman–Crippen LogP) is 0.173. The van der Waals surface area contributed by atoms with Crippen LogP contribution in [0.3, 0.4) is 0 Å². The SMILES string of the molecule is CS(=O)(=O)CC12CCC(C1)NC2. The van der Waals surface area contributed by atoms with Crippen molar-refractivity contribution >= 4 is 9.84 Å². The van der Waals surface area contributed by atoms with Gasteiger partial charge in [-0.3, -0.25) is 0 Å². The molecule has 1 aliphatic carbocycles. The third-order valence-electron chi connectivity index (χ3n) is 3.04.